The van der Waals surface area contributed by atoms with E-state index in [1.807, 2.05) is 6.92 Å². The minimum absolute atomic E-state index is 0.0878. The molecular weight excluding hydrogens is 214 g/mol. The number of hydrogen-bond acceptors (Lipinski definition) is 4. The Morgan fingerprint density at radius 1 is 1.47 bits per heavy atom. The zero-order valence-corrected chi connectivity index (χ0v) is 11.5. The highest BCUT2D eigenvalue weighted by Gasteiger charge is 2.23. The Labute approximate surface area is 105 Å². The van der Waals surface area contributed by atoms with Gasteiger partial charge in [0.2, 0.25) is 0 Å². The van der Waals surface area contributed by atoms with E-state index in [1.54, 1.807) is 0 Å². The molecule has 17 heavy (non-hydrogen) atoms. The summed E-state index contributed by atoms with van der Waals surface area (Å²) in [7, 11) is 2.06. The van der Waals surface area contributed by atoms with E-state index in [0.29, 0.717) is 6.04 Å². The van der Waals surface area contributed by atoms with Gasteiger partial charge in [0.1, 0.15) is 0 Å². The van der Waals surface area contributed by atoms with E-state index in [4.69, 9.17) is 10.00 Å². The molecule has 1 rings (SSSR count). The molecule has 0 amide bonds. The van der Waals surface area contributed by atoms with Crippen molar-refractivity contribution in [2.45, 2.75) is 32.9 Å². The third kappa shape index (κ3) is 5.03. The molecule has 2 atom stereocenters. The predicted octanol–water partition coefficient (Wildman–Crippen LogP) is 1.19. The number of nitrogens with zero attached hydrogens (tertiary/aromatic N) is 3. The fraction of sp³-hybridized carbons (Fsp3) is 0.923. The van der Waals surface area contributed by atoms with E-state index < -0.39 is 0 Å². The third-order valence-electron chi connectivity index (χ3n) is 3.22. The maximum atomic E-state index is 8.79. The second kappa shape index (κ2) is 6.95. The highest BCUT2D eigenvalue weighted by molar-refractivity contribution is 4.82. The molecule has 0 aromatic heterocycles. The van der Waals surface area contributed by atoms with Crippen molar-refractivity contribution in [1.29, 1.82) is 5.26 Å². The van der Waals surface area contributed by atoms with Gasteiger partial charge in [-0.1, -0.05) is 0 Å². The molecule has 4 heteroatoms. The highest BCUT2D eigenvalue weighted by Crippen LogP contribution is 2.10. The van der Waals surface area contributed by atoms with Gasteiger partial charge in [-0.25, -0.2) is 0 Å². The summed E-state index contributed by atoms with van der Waals surface area (Å²) in [6.07, 6.45) is 0.280. The standard InChI is InChI=1S/C13H25N3O/c1-11(2)16-5-6-17-13(10-16)9-15(4)8-12(3)7-14/h11-13H,5-6,8-10H2,1-4H3. The number of hydrogen-bond donors (Lipinski definition) is 0. The van der Waals surface area contributed by atoms with E-state index in [0.717, 1.165) is 32.8 Å². The lowest BCUT2D eigenvalue weighted by Crippen LogP contribution is -2.49. The van der Waals surface area contributed by atoms with Crippen molar-refractivity contribution in [3.05, 3.63) is 0 Å². The van der Waals surface area contributed by atoms with Crippen LogP contribution in [-0.2, 0) is 4.74 Å². The van der Waals surface area contributed by atoms with Crippen molar-refractivity contribution in [2.75, 3.05) is 39.8 Å². The fourth-order valence-corrected chi connectivity index (χ4v) is 2.25. The Morgan fingerprint density at radius 2 is 2.18 bits per heavy atom. The minimum atomic E-state index is 0.0878. The molecule has 0 N–H and O–H groups in total. The van der Waals surface area contributed by atoms with Crippen molar-refractivity contribution in [3.63, 3.8) is 0 Å². The molecule has 0 aromatic carbocycles. The molecule has 0 saturated carbocycles. The average molecular weight is 239 g/mol. The number of rotatable bonds is 5. The summed E-state index contributed by atoms with van der Waals surface area (Å²) in [5.41, 5.74) is 0. The van der Waals surface area contributed by atoms with Crippen molar-refractivity contribution in [3.8, 4) is 6.07 Å². The molecule has 1 aliphatic rings. The van der Waals surface area contributed by atoms with Crippen molar-refractivity contribution < 1.29 is 4.74 Å². The second-order valence-corrected chi connectivity index (χ2v) is 5.33. The van der Waals surface area contributed by atoms with E-state index in [1.165, 1.54) is 0 Å². The summed E-state index contributed by atoms with van der Waals surface area (Å²) in [6, 6.07) is 2.85. The second-order valence-electron chi connectivity index (χ2n) is 5.33. The summed E-state index contributed by atoms with van der Waals surface area (Å²) in [6.45, 7) is 11.0. The van der Waals surface area contributed by atoms with E-state index in [2.05, 4.69) is 36.8 Å². The zero-order chi connectivity index (χ0) is 12.8. The van der Waals surface area contributed by atoms with Crippen LogP contribution < -0.4 is 0 Å². The summed E-state index contributed by atoms with van der Waals surface area (Å²) in [4.78, 5) is 4.65. The van der Waals surface area contributed by atoms with Crippen molar-refractivity contribution in [1.82, 2.24) is 9.80 Å². The number of nitriles is 1. The first kappa shape index (κ1) is 14.4. The maximum Gasteiger partial charge on any atom is 0.0829 e. The molecule has 98 valence electrons. The Balaban J connectivity index is 2.33. The van der Waals surface area contributed by atoms with Crippen LogP contribution in [-0.4, -0.2) is 61.8 Å². The molecule has 1 heterocycles. The molecule has 1 aliphatic heterocycles. The molecule has 2 unspecified atom stereocenters. The van der Waals surface area contributed by atoms with Gasteiger partial charge in [0.05, 0.1) is 24.7 Å². The molecule has 4 nitrogen and oxygen atoms in total. The first-order valence-corrected chi connectivity index (χ1v) is 6.46. The largest absolute Gasteiger partial charge is 0.374 e. The SMILES string of the molecule is CC(C#N)CN(C)CC1CN(C(C)C)CCO1. The van der Waals surface area contributed by atoms with Gasteiger partial charge in [0, 0.05) is 32.2 Å². The zero-order valence-electron chi connectivity index (χ0n) is 11.5. The van der Waals surface area contributed by atoms with Crippen LogP contribution in [0, 0.1) is 17.2 Å². The van der Waals surface area contributed by atoms with Gasteiger partial charge in [-0.15, -0.1) is 0 Å². The molecule has 1 fully saturated rings. The topological polar surface area (TPSA) is 39.5 Å². The summed E-state index contributed by atoms with van der Waals surface area (Å²) in [5.74, 6) is 0.0878. The Kier molecular flexibility index (Phi) is 5.90. The van der Waals surface area contributed by atoms with Crippen LogP contribution >= 0.6 is 0 Å². The van der Waals surface area contributed by atoms with E-state index >= 15 is 0 Å². The van der Waals surface area contributed by atoms with Gasteiger partial charge in [0.15, 0.2) is 0 Å². The summed E-state index contributed by atoms with van der Waals surface area (Å²) < 4.78 is 5.78. The monoisotopic (exact) mass is 239 g/mol. The molecular formula is C13H25N3O. The van der Waals surface area contributed by atoms with Crippen LogP contribution in [0.2, 0.25) is 0 Å². The molecule has 0 radical (unpaired) electrons. The third-order valence-corrected chi connectivity index (χ3v) is 3.22. The van der Waals surface area contributed by atoms with Crippen LogP contribution in [0.25, 0.3) is 0 Å². The van der Waals surface area contributed by atoms with Gasteiger partial charge in [-0.05, 0) is 27.8 Å². The van der Waals surface area contributed by atoms with Crippen LogP contribution in [0.5, 0.6) is 0 Å². The quantitative estimate of drug-likeness (QED) is 0.722. The lowest BCUT2D eigenvalue weighted by molar-refractivity contribution is -0.0500. The van der Waals surface area contributed by atoms with Crippen LogP contribution in [0.4, 0.5) is 0 Å². The van der Waals surface area contributed by atoms with Gasteiger partial charge in [-0.2, -0.15) is 5.26 Å². The van der Waals surface area contributed by atoms with Gasteiger partial charge >= 0.3 is 0 Å². The first-order valence-electron chi connectivity index (χ1n) is 6.46. The number of morpholine rings is 1. The average Bonchev–Trinajstić information content (AvgIpc) is 2.28. The smallest absolute Gasteiger partial charge is 0.0829 e. The van der Waals surface area contributed by atoms with Crippen LogP contribution in [0.3, 0.4) is 0 Å². The normalized spacial score (nSPS) is 23.9. The molecule has 1 saturated heterocycles. The van der Waals surface area contributed by atoms with Gasteiger partial charge < -0.3 is 9.64 Å². The summed E-state index contributed by atoms with van der Waals surface area (Å²) >= 11 is 0. The Bertz CT molecular complexity index is 262. The van der Waals surface area contributed by atoms with Crippen LogP contribution in [0.15, 0.2) is 0 Å². The van der Waals surface area contributed by atoms with Crippen LogP contribution in [0.1, 0.15) is 20.8 Å². The van der Waals surface area contributed by atoms with E-state index in [-0.39, 0.29) is 12.0 Å². The predicted molar refractivity (Wildman–Crippen MR) is 68.7 cm³/mol. The molecule has 0 aromatic rings. The van der Waals surface area contributed by atoms with Gasteiger partial charge in [0.25, 0.3) is 0 Å². The molecule has 0 bridgehead atoms. The van der Waals surface area contributed by atoms with Crippen molar-refractivity contribution in [2.24, 2.45) is 5.92 Å². The molecule has 0 aliphatic carbocycles. The lowest BCUT2D eigenvalue weighted by atomic mass is 10.1. The Hall–Kier alpha value is -0.630. The molecule has 0 spiro atoms. The summed E-state index contributed by atoms with van der Waals surface area (Å²) in [5, 5.41) is 8.79. The minimum Gasteiger partial charge on any atom is -0.374 e. The first-order chi connectivity index (χ1) is 8.02. The number of ether oxygens (including phenoxy) is 1. The maximum absolute atomic E-state index is 8.79. The fourth-order valence-electron chi connectivity index (χ4n) is 2.25. The van der Waals surface area contributed by atoms with Gasteiger partial charge in [-0.3, -0.25) is 4.90 Å². The lowest BCUT2D eigenvalue weighted by Gasteiger charge is -2.37. The number of likely N-dealkylation sites (N-methyl/N-ethyl adjacent to an activating group) is 1. The highest BCUT2D eigenvalue weighted by atomic mass is 16.5. The van der Waals surface area contributed by atoms with E-state index in [9.17, 15) is 0 Å². The van der Waals surface area contributed by atoms with Crippen molar-refractivity contribution >= 4 is 0 Å². The Morgan fingerprint density at radius 3 is 2.76 bits per heavy atom.